The molecule has 0 aliphatic heterocycles. The van der Waals surface area contributed by atoms with Gasteiger partial charge in [-0.2, -0.15) is 4.98 Å². The molecular formula is C10H15N3O. The Bertz CT molecular complexity index is 312. The summed E-state index contributed by atoms with van der Waals surface area (Å²) in [6.45, 7) is 8.71. The van der Waals surface area contributed by atoms with Gasteiger partial charge in [-0.15, -0.1) is 0 Å². The zero-order chi connectivity index (χ0) is 10.4. The van der Waals surface area contributed by atoms with Gasteiger partial charge in [-0.25, -0.2) is 4.98 Å². The standard InChI is InChI=1S/C10H15N3O/c1-4-6-14-10-7-9(11-5-2)12-8(3)13-10/h4,7H,1,5-6H2,2-3H3,(H,11,12,13). The molecule has 0 atom stereocenters. The number of nitrogens with zero attached hydrogens (tertiary/aromatic N) is 2. The van der Waals surface area contributed by atoms with E-state index in [-0.39, 0.29) is 0 Å². The van der Waals surface area contributed by atoms with Gasteiger partial charge in [-0.1, -0.05) is 12.7 Å². The minimum absolute atomic E-state index is 0.460. The predicted octanol–water partition coefficient (Wildman–Crippen LogP) is 1.78. The van der Waals surface area contributed by atoms with Gasteiger partial charge in [0.15, 0.2) is 0 Å². The second-order valence-electron chi connectivity index (χ2n) is 2.77. The monoisotopic (exact) mass is 193 g/mol. The molecule has 0 aromatic carbocycles. The lowest BCUT2D eigenvalue weighted by atomic mass is 10.5. The summed E-state index contributed by atoms with van der Waals surface area (Å²) in [7, 11) is 0. The molecule has 0 amide bonds. The van der Waals surface area contributed by atoms with E-state index in [9.17, 15) is 0 Å². The largest absolute Gasteiger partial charge is 0.473 e. The van der Waals surface area contributed by atoms with Crippen LogP contribution in [0, 0.1) is 6.92 Å². The van der Waals surface area contributed by atoms with Crippen molar-refractivity contribution < 1.29 is 4.74 Å². The summed E-state index contributed by atoms with van der Waals surface area (Å²) in [6, 6.07) is 1.78. The highest BCUT2D eigenvalue weighted by atomic mass is 16.5. The van der Waals surface area contributed by atoms with Crippen molar-refractivity contribution in [2.75, 3.05) is 18.5 Å². The third-order valence-corrected chi connectivity index (χ3v) is 1.52. The van der Waals surface area contributed by atoms with Gasteiger partial charge in [0, 0.05) is 12.6 Å². The van der Waals surface area contributed by atoms with E-state index in [0.717, 1.165) is 12.4 Å². The minimum Gasteiger partial charge on any atom is -0.473 e. The van der Waals surface area contributed by atoms with Crippen LogP contribution >= 0.6 is 0 Å². The first-order chi connectivity index (χ1) is 6.76. The fourth-order valence-electron chi connectivity index (χ4n) is 1.03. The van der Waals surface area contributed by atoms with Crippen LogP contribution in [0.3, 0.4) is 0 Å². The van der Waals surface area contributed by atoms with Crippen LogP contribution in [0.4, 0.5) is 5.82 Å². The molecule has 0 spiro atoms. The lowest BCUT2D eigenvalue weighted by molar-refractivity contribution is 0.347. The van der Waals surface area contributed by atoms with Crippen LogP contribution in [0.5, 0.6) is 5.88 Å². The van der Waals surface area contributed by atoms with Gasteiger partial charge in [-0.05, 0) is 13.8 Å². The molecule has 1 aromatic heterocycles. The van der Waals surface area contributed by atoms with Gasteiger partial charge in [0.2, 0.25) is 5.88 Å². The van der Waals surface area contributed by atoms with Crippen molar-refractivity contribution in [3.05, 3.63) is 24.5 Å². The van der Waals surface area contributed by atoms with Crippen LogP contribution in [0.1, 0.15) is 12.7 Å². The van der Waals surface area contributed by atoms with E-state index in [0.29, 0.717) is 18.3 Å². The molecule has 0 saturated heterocycles. The number of hydrogen-bond acceptors (Lipinski definition) is 4. The molecule has 0 fully saturated rings. The summed E-state index contributed by atoms with van der Waals surface area (Å²) in [6.07, 6.45) is 1.68. The van der Waals surface area contributed by atoms with Crippen LogP contribution in [0.2, 0.25) is 0 Å². The highest BCUT2D eigenvalue weighted by Crippen LogP contribution is 2.12. The molecule has 0 unspecified atom stereocenters. The molecule has 4 nitrogen and oxygen atoms in total. The van der Waals surface area contributed by atoms with E-state index >= 15 is 0 Å². The lowest BCUT2D eigenvalue weighted by Gasteiger charge is -2.06. The summed E-state index contributed by atoms with van der Waals surface area (Å²) >= 11 is 0. The smallest absolute Gasteiger partial charge is 0.219 e. The van der Waals surface area contributed by atoms with E-state index < -0.39 is 0 Å². The van der Waals surface area contributed by atoms with Crippen LogP contribution in [-0.2, 0) is 0 Å². The Balaban J connectivity index is 2.77. The predicted molar refractivity (Wildman–Crippen MR) is 56.6 cm³/mol. The summed E-state index contributed by atoms with van der Waals surface area (Å²) in [5, 5.41) is 3.11. The number of aryl methyl sites for hydroxylation is 1. The van der Waals surface area contributed by atoms with Gasteiger partial charge in [0.1, 0.15) is 18.2 Å². The number of anilines is 1. The Kier molecular flexibility index (Phi) is 3.91. The van der Waals surface area contributed by atoms with Gasteiger partial charge in [0.05, 0.1) is 0 Å². The minimum atomic E-state index is 0.460. The first-order valence-corrected chi connectivity index (χ1v) is 4.59. The van der Waals surface area contributed by atoms with Crippen LogP contribution in [0.25, 0.3) is 0 Å². The molecule has 0 radical (unpaired) electrons. The second kappa shape index (κ2) is 5.21. The Morgan fingerprint density at radius 2 is 2.36 bits per heavy atom. The van der Waals surface area contributed by atoms with Crippen molar-refractivity contribution >= 4 is 5.82 Å². The second-order valence-corrected chi connectivity index (χ2v) is 2.77. The van der Waals surface area contributed by atoms with Crippen LogP contribution < -0.4 is 10.1 Å². The van der Waals surface area contributed by atoms with Crippen molar-refractivity contribution in [1.29, 1.82) is 0 Å². The van der Waals surface area contributed by atoms with Crippen molar-refractivity contribution in [1.82, 2.24) is 9.97 Å². The maximum atomic E-state index is 5.31. The molecule has 76 valence electrons. The highest BCUT2D eigenvalue weighted by Gasteiger charge is 2.00. The summed E-state index contributed by atoms with van der Waals surface area (Å²) in [4.78, 5) is 8.34. The molecule has 1 aromatic rings. The van der Waals surface area contributed by atoms with Crippen molar-refractivity contribution in [2.24, 2.45) is 0 Å². The topological polar surface area (TPSA) is 47.0 Å². The first kappa shape index (κ1) is 10.5. The zero-order valence-electron chi connectivity index (χ0n) is 8.58. The normalized spacial score (nSPS) is 9.57. The maximum Gasteiger partial charge on any atom is 0.219 e. The number of aromatic nitrogens is 2. The van der Waals surface area contributed by atoms with Gasteiger partial charge in [0.25, 0.3) is 0 Å². The lowest BCUT2D eigenvalue weighted by Crippen LogP contribution is -2.04. The molecule has 1 heterocycles. The highest BCUT2D eigenvalue weighted by molar-refractivity contribution is 5.38. The number of hydrogen-bond donors (Lipinski definition) is 1. The summed E-state index contributed by atoms with van der Waals surface area (Å²) in [5.74, 6) is 2.06. The third kappa shape index (κ3) is 3.05. The number of ether oxygens (including phenoxy) is 1. The Morgan fingerprint density at radius 1 is 1.57 bits per heavy atom. The van der Waals surface area contributed by atoms with Gasteiger partial charge >= 0.3 is 0 Å². The maximum absolute atomic E-state index is 5.31. The average molecular weight is 193 g/mol. The fraction of sp³-hybridized carbons (Fsp3) is 0.400. The van der Waals surface area contributed by atoms with Crippen molar-refractivity contribution in [3.8, 4) is 5.88 Å². The van der Waals surface area contributed by atoms with Crippen molar-refractivity contribution in [3.63, 3.8) is 0 Å². The molecule has 0 aliphatic rings. The van der Waals surface area contributed by atoms with E-state index in [1.807, 2.05) is 13.8 Å². The summed E-state index contributed by atoms with van der Waals surface area (Å²) in [5.41, 5.74) is 0. The molecule has 0 aliphatic carbocycles. The quantitative estimate of drug-likeness (QED) is 0.724. The zero-order valence-corrected chi connectivity index (χ0v) is 8.58. The fourth-order valence-corrected chi connectivity index (χ4v) is 1.03. The Labute approximate surface area is 84.0 Å². The van der Waals surface area contributed by atoms with Gasteiger partial charge < -0.3 is 10.1 Å². The molecule has 1 rings (SSSR count). The third-order valence-electron chi connectivity index (χ3n) is 1.52. The number of nitrogens with one attached hydrogen (secondary N) is 1. The summed E-state index contributed by atoms with van der Waals surface area (Å²) < 4.78 is 5.31. The molecule has 1 N–H and O–H groups in total. The van der Waals surface area contributed by atoms with Gasteiger partial charge in [-0.3, -0.25) is 0 Å². The molecule has 0 bridgehead atoms. The van der Waals surface area contributed by atoms with Crippen molar-refractivity contribution in [2.45, 2.75) is 13.8 Å². The SMILES string of the molecule is C=CCOc1cc(NCC)nc(C)n1. The van der Waals surface area contributed by atoms with E-state index in [2.05, 4.69) is 21.9 Å². The first-order valence-electron chi connectivity index (χ1n) is 4.59. The molecule has 14 heavy (non-hydrogen) atoms. The molecule has 4 heteroatoms. The molecule has 0 saturated carbocycles. The Morgan fingerprint density at radius 3 is 3.00 bits per heavy atom. The van der Waals surface area contributed by atoms with Crippen LogP contribution in [-0.4, -0.2) is 23.1 Å². The Hall–Kier alpha value is -1.58. The molecular weight excluding hydrogens is 178 g/mol. The van der Waals surface area contributed by atoms with Crippen LogP contribution in [0.15, 0.2) is 18.7 Å². The van der Waals surface area contributed by atoms with E-state index in [1.165, 1.54) is 0 Å². The van der Waals surface area contributed by atoms with E-state index in [1.54, 1.807) is 12.1 Å². The average Bonchev–Trinajstić information content (AvgIpc) is 2.14. The number of rotatable bonds is 5. The van der Waals surface area contributed by atoms with E-state index in [4.69, 9.17) is 4.74 Å².